The zero-order valence-corrected chi connectivity index (χ0v) is 7.99. The highest BCUT2D eigenvalue weighted by atomic mass is 14.1. The van der Waals surface area contributed by atoms with E-state index in [2.05, 4.69) is 34.6 Å². The SMILES string of the molecule is CCCC(=C(C)C)C(C)C. The van der Waals surface area contributed by atoms with Gasteiger partial charge in [0.05, 0.1) is 0 Å². The molecule has 0 saturated carbocycles. The lowest BCUT2D eigenvalue weighted by molar-refractivity contribution is 0.689. The van der Waals surface area contributed by atoms with Gasteiger partial charge in [0.25, 0.3) is 0 Å². The lowest BCUT2D eigenvalue weighted by Gasteiger charge is -2.12. The molecule has 10 heavy (non-hydrogen) atoms. The Morgan fingerprint density at radius 1 is 1.20 bits per heavy atom. The highest BCUT2D eigenvalue weighted by Gasteiger charge is 2.02. The highest BCUT2D eigenvalue weighted by molar-refractivity contribution is 5.11. The first kappa shape index (κ1) is 9.74. The van der Waals surface area contributed by atoms with E-state index < -0.39 is 0 Å². The fourth-order valence-electron chi connectivity index (χ4n) is 1.39. The van der Waals surface area contributed by atoms with Gasteiger partial charge in [0.2, 0.25) is 0 Å². The molecule has 0 heteroatoms. The summed E-state index contributed by atoms with van der Waals surface area (Å²) in [6.07, 6.45) is 2.55. The fraction of sp³-hybridized carbons (Fsp3) is 0.800. The van der Waals surface area contributed by atoms with E-state index in [0.29, 0.717) is 0 Å². The van der Waals surface area contributed by atoms with Crippen LogP contribution in [0.25, 0.3) is 0 Å². The summed E-state index contributed by atoms with van der Waals surface area (Å²) in [7, 11) is 0. The van der Waals surface area contributed by atoms with Crippen LogP contribution < -0.4 is 0 Å². The zero-order valence-electron chi connectivity index (χ0n) is 7.99. The van der Waals surface area contributed by atoms with E-state index in [1.165, 1.54) is 18.4 Å². The van der Waals surface area contributed by atoms with Crippen molar-refractivity contribution in [3.8, 4) is 0 Å². The average Bonchev–Trinajstić information content (AvgIpc) is 1.81. The third-order valence-corrected chi connectivity index (χ3v) is 1.86. The largest absolute Gasteiger partial charge is 0.0770 e. The molecule has 0 aliphatic heterocycles. The van der Waals surface area contributed by atoms with Gasteiger partial charge in [-0.3, -0.25) is 0 Å². The van der Waals surface area contributed by atoms with Crippen LogP contribution in [0.4, 0.5) is 0 Å². The van der Waals surface area contributed by atoms with Gasteiger partial charge in [-0.1, -0.05) is 38.3 Å². The quantitative estimate of drug-likeness (QED) is 0.523. The molecule has 0 nitrogen and oxygen atoms in total. The average molecular weight is 140 g/mol. The van der Waals surface area contributed by atoms with Gasteiger partial charge in [0, 0.05) is 0 Å². The minimum atomic E-state index is 0.741. The molecule has 0 aromatic rings. The Morgan fingerprint density at radius 2 is 1.70 bits per heavy atom. The topological polar surface area (TPSA) is 0 Å². The van der Waals surface area contributed by atoms with Crippen molar-refractivity contribution < 1.29 is 0 Å². The molecule has 0 aromatic heterocycles. The molecular weight excluding hydrogens is 120 g/mol. The third-order valence-electron chi connectivity index (χ3n) is 1.86. The van der Waals surface area contributed by atoms with Crippen LogP contribution in [-0.4, -0.2) is 0 Å². The monoisotopic (exact) mass is 140 g/mol. The van der Waals surface area contributed by atoms with Crippen molar-refractivity contribution in [2.75, 3.05) is 0 Å². The van der Waals surface area contributed by atoms with Crippen LogP contribution >= 0.6 is 0 Å². The molecule has 0 radical (unpaired) electrons. The maximum absolute atomic E-state index is 2.28. The third kappa shape index (κ3) is 3.05. The summed E-state index contributed by atoms with van der Waals surface area (Å²) >= 11 is 0. The Labute approximate surface area is 65.3 Å². The van der Waals surface area contributed by atoms with Gasteiger partial charge in [0.1, 0.15) is 0 Å². The highest BCUT2D eigenvalue weighted by Crippen LogP contribution is 2.19. The van der Waals surface area contributed by atoms with E-state index >= 15 is 0 Å². The molecule has 0 unspecified atom stereocenters. The van der Waals surface area contributed by atoms with Crippen LogP contribution in [0.1, 0.15) is 47.5 Å². The van der Waals surface area contributed by atoms with Gasteiger partial charge in [0.15, 0.2) is 0 Å². The van der Waals surface area contributed by atoms with Gasteiger partial charge >= 0.3 is 0 Å². The van der Waals surface area contributed by atoms with Crippen LogP contribution in [0.5, 0.6) is 0 Å². The maximum atomic E-state index is 2.28. The van der Waals surface area contributed by atoms with E-state index in [0.717, 1.165) is 5.92 Å². The van der Waals surface area contributed by atoms with Gasteiger partial charge in [-0.05, 0) is 26.2 Å². The second-order valence-electron chi connectivity index (χ2n) is 3.43. The van der Waals surface area contributed by atoms with Crippen molar-refractivity contribution >= 4 is 0 Å². The second-order valence-corrected chi connectivity index (χ2v) is 3.43. The number of allylic oxidation sites excluding steroid dienone is 2. The van der Waals surface area contributed by atoms with Crippen molar-refractivity contribution in [2.24, 2.45) is 5.92 Å². The van der Waals surface area contributed by atoms with Crippen molar-refractivity contribution in [1.82, 2.24) is 0 Å². The molecule has 0 atom stereocenters. The van der Waals surface area contributed by atoms with E-state index in [1.54, 1.807) is 5.57 Å². The maximum Gasteiger partial charge on any atom is -0.0258 e. The van der Waals surface area contributed by atoms with E-state index in [-0.39, 0.29) is 0 Å². The molecule has 0 heterocycles. The number of hydrogen-bond acceptors (Lipinski definition) is 0. The second kappa shape index (κ2) is 4.54. The van der Waals surface area contributed by atoms with Crippen LogP contribution in [0.2, 0.25) is 0 Å². The van der Waals surface area contributed by atoms with Gasteiger partial charge in [-0.2, -0.15) is 0 Å². The fourth-order valence-corrected chi connectivity index (χ4v) is 1.39. The summed E-state index contributed by atoms with van der Waals surface area (Å²) < 4.78 is 0. The summed E-state index contributed by atoms with van der Waals surface area (Å²) in [4.78, 5) is 0. The Hall–Kier alpha value is -0.260. The number of rotatable bonds is 3. The van der Waals surface area contributed by atoms with Crippen LogP contribution in [-0.2, 0) is 0 Å². The van der Waals surface area contributed by atoms with Crippen molar-refractivity contribution in [3.05, 3.63) is 11.1 Å². The lowest BCUT2D eigenvalue weighted by atomic mass is 9.95. The number of hydrogen-bond donors (Lipinski definition) is 0. The van der Waals surface area contributed by atoms with E-state index in [9.17, 15) is 0 Å². The minimum absolute atomic E-state index is 0.741. The summed E-state index contributed by atoms with van der Waals surface area (Å²) in [5, 5.41) is 0. The Kier molecular flexibility index (Phi) is 4.42. The van der Waals surface area contributed by atoms with Crippen LogP contribution in [0.3, 0.4) is 0 Å². The van der Waals surface area contributed by atoms with Gasteiger partial charge in [-0.25, -0.2) is 0 Å². The molecule has 0 rings (SSSR count). The molecule has 0 saturated heterocycles. The Balaban J connectivity index is 4.13. The molecule has 0 aliphatic carbocycles. The molecule has 0 N–H and O–H groups in total. The zero-order chi connectivity index (χ0) is 8.15. The summed E-state index contributed by atoms with van der Waals surface area (Å²) in [5.74, 6) is 0.741. The van der Waals surface area contributed by atoms with Crippen molar-refractivity contribution in [2.45, 2.75) is 47.5 Å². The van der Waals surface area contributed by atoms with Crippen LogP contribution in [0, 0.1) is 5.92 Å². The molecule has 0 bridgehead atoms. The smallest absolute Gasteiger partial charge is 0.0258 e. The molecule has 0 amide bonds. The van der Waals surface area contributed by atoms with Crippen LogP contribution in [0.15, 0.2) is 11.1 Å². The van der Waals surface area contributed by atoms with Gasteiger partial charge < -0.3 is 0 Å². The molecule has 0 spiro atoms. The van der Waals surface area contributed by atoms with Crippen molar-refractivity contribution in [1.29, 1.82) is 0 Å². The molecule has 0 aliphatic rings. The molecule has 0 aromatic carbocycles. The summed E-state index contributed by atoms with van der Waals surface area (Å²) in [5.41, 5.74) is 3.15. The first-order chi connectivity index (χ1) is 4.59. The minimum Gasteiger partial charge on any atom is -0.0770 e. The molecular formula is C10H20. The first-order valence-electron chi connectivity index (χ1n) is 4.25. The molecule has 0 fully saturated rings. The molecule has 60 valence electrons. The predicted molar refractivity (Wildman–Crippen MR) is 48.1 cm³/mol. The lowest BCUT2D eigenvalue weighted by Crippen LogP contribution is -1.95. The van der Waals surface area contributed by atoms with Crippen molar-refractivity contribution in [3.63, 3.8) is 0 Å². The predicted octanol–water partition coefficient (Wildman–Crippen LogP) is 3.78. The summed E-state index contributed by atoms with van der Waals surface area (Å²) in [6, 6.07) is 0. The Morgan fingerprint density at radius 3 is 1.80 bits per heavy atom. The Bertz CT molecular complexity index is 114. The van der Waals surface area contributed by atoms with E-state index in [4.69, 9.17) is 0 Å². The van der Waals surface area contributed by atoms with Gasteiger partial charge in [-0.15, -0.1) is 0 Å². The van der Waals surface area contributed by atoms with E-state index in [1.807, 2.05) is 0 Å². The first-order valence-corrected chi connectivity index (χ1v) is 4.25. The summed E-state index contributed by atoms with van der Waals surface area (Å²) in [6.45, 7) is 11.2. The normalized spacial score (nSPS) is 10.2. The standard InChI is InChI=1S/C10H20/c1-6-7-10(8(2)3)9(4)5/h8H,6-7H2,1-5H3.